The van der Waals surface area contributed by atoms with Crippen LogP contribution >= 0.6 is 15.9 Å². The molecule has 4 heteroatoms. The van der Waals surface area contributed by atoms with E-state index >= 15 is 0 Å². The first kappa shape index (κ1) is 13.3. The molecule has 96 valence electrons. The van der Waals surface area contributed by atoms with Crippen LogP contribution in [0, 0.1) is 5.82 Å². The number of likely N-dealkylation sites (N-methyl/N-ethyl adjacent to an activating group) is 1. The molecule has 0 saturated carbocycles. The lowest BCUT2D eigenvalue weighted by Crippen LogP contribution is -2.23. The smallest absolute Gasteiger partial charge is 0.142 e. The summed E-state index contributed by atoms with van der Waals surface area (Å²) in [6.45, 7) is 2.78. The predicted octanol–water partition coefficient (Wildman–Crippen LogP) is 4.07. The molecule has 1 N–H and O–H groups in total. The molecule has 2 aromatic rings. The van der Waals surface area contributed by atoms with Gasteiger partial charge in [-0.15, -0.1) is 0 Å². The van der Waals surface area contributed by atoms with Crippen LogP contribution < -0.4 is 5.32 Å². The molecule has 0 aliphatic carbocycles. The lowest BCUT2D eigenvalue weighted by atomic mass is 10.0. The molecule has 0 bridgehead atoms. The number of halogens is 2. The molecule has 1 aromatic heterocycles. The standard InChI is InChI=1S/C14H15BrFNO/c1-2-17-13(9-10-5-4-8-18-10)11-6-3-7-12(15)14(11)16/h3-8,13,17H,2,9H2,1H3. The lowest BCUT2D eigenvalue weighted by Gasteiger charge is -2.18. The molecule has 2 rings (SSSR count). The van der Waals surface area contributed by atoms with Crippen LogP contribution in [0.15, 0.2) is 45.5 Å². The summed E-state index contributed by atoms with van der Waals surface area (Å²) < 4.78 is 19.9. The number of hydrogen-bond acceptors (Lipinski definition) is 2. The second-order valence-corrected chi connectivity index (χ2v) is 4.89. The van der Waals surface area contributed by atoms with Crippen LogP contribution in [-0.2, 0) is 6.42 Å². The molecule has 18 heavy (non-hydrogen) atoms. The van der Waals surface area contributed by atoms with E-state index in [-0.39, 0.29) is 11.9 Å². The Kier molecular flexibility index (Phi) is 4.55. The van der Waals surface area contributed by atoms with Crippen molar-refractivity contribution in [2.75, 3.05) is 6.54 Å². The molecule has 1 heterocycles. The fraction of sp³-hybridized carbons (Fsp3) is 0.286. The average molecular weight is 312 g/mol. The quantitative estimate of drug-likeness (QED) is 0.900. The summed E-state index contributed by atoms with van der Waals surface area (Å²) in [5.41, 5.74) is 0.655. The Morgan fingerprint density at radius 3 is 2.83 bits per heavy atom. The molecular formula is C14H15BrFNO. The molecule has 0 aliphatic heterocycles. The van der Waals surface area contributed by atoms with Crippen LogP contribution in [0.1, 0.15) is 24.3 Å². The van der Waals surface area contributed by atoms with E-state index in [0.717, 1.165) is 12.3 Å². The van der Waals surface area contributed by atoms with E-state index in [1.54, 1.807) is 18.4 Å². The normalized spacial score (nSPS) is 12.6. The topological polar surface area (TPSA) is 25.2 Å². The van der Waals surface area contributed by atoms with Crippen LogP contribution in [0.25, 0.3) is 0 Å². The van der Waals surface area contributed by atoms with Gasteiger partial charge in [0.05, 0.1) is 10.7 Å². The summed E-state index contributed by atoms with van der Waals surface area (Å²) in [6, 6.07) is 9.01. The first-order valence-corrected chi connectivity index (χ1v) is 6.71. The van der Waals surface area contributed by atoms with Crippen molar-refractivity contribution in [1.29, 1.82) is 0 Å². The third kappa shape index (κ3) is 3.00. The zero-order valence-corrected chi connectivity index (χ0v) is 11.7. The summed E-state index contributed by atoms with van der Waals surface area (Å²) in [7, 11) is 0. The van der Waals surface area contributed by atoms with E-state index in [4.69, 9.17) is 4.42 Å². The average Bonchev–Trinajstić information content (AvgIpc) is 2.85. The zero-order chi connectivity index (χ0) is 13.0. The van der Waals surface area contributed by atoms with Gasteiger partial charge < -0.3 is 9.73 Å². The molecule has 0 aliphatic rings. The molecule has 0 spiro atoms. The van der Waals surface area contributed by atoms with Gasteiger partial charge in [0.25, 0.3) is 0 Å². The van der Waals surface area contributed by atoms with Gasteiger partial charge in [0.15, 0.2) is 0 Å². The summed E-state index contributed by atoms with van der Waals surface area (Å²) >= 11 is 3.22. The van der Waals surface area contributed by atoms with Crippen molar-refractivity contribution < 1.29 is 8.81 Å². The van der Waals surface area contributed by atoms with Crippen molar-refractivity contribution in [3.8, 4) is 0 Å². The minimum absolute atomic E-state index is 0.0846. The van der Waals surface area contributed by atoms with Gasteiger partial charge >= 0.3 is 0 Å². The summed E-state index contributed by atoms with van der Waals surface area (Å²) in [4.78, 5) is 0. The Morgan fingerprint density at radius 1 is 1.33 bits per heavy atom. The molecule has 0 fully saturated rings. The largest absolute Gasteiger partial charge is 0.469 e. The fourth-order valence-corrected chi connectivity index (χ4v) is 2.34. The van der Waals surface area contributed by atoms with Crippen molar-refractivity contribution >= 4 is 15.9 Å². The van der Waals surface area contributed by atoms with Crippen LogP contribution in [0.5, 0.6) is 0 Å². The SMILES string of the molecule is CCNC(Cc1ccco1)c1cccc(Br)c1F. The van der Waals surface area contributed by atoms with Gasteiger partial charge in [-0.05, 0) is 40.7 Å². The number of rotatable bonds is 5. The predicted molar refractivity (Wildman–Crippen MR) is 72.9 cm³/mol. The Morgan fingerprint density at radius 2 is 2.17 bits per heavy atom. The highest BCUT2D eigenvalue weighted by Crippen LogP contribution is 2.26. The molecule has 1 unspecified atom stereocenters. The lowest BCUT2D eigenvalue weighted by molar-refractivity contribution is 0.443. The molecular weight excluding hydrogens is 297 g/mol. The van der Waals surface area contributed by atoms with Gasteiger partial charge in [-0.3, -0.25) is 0 Å². The maximum absolute atomic E-state index is 14.1. The fourth-order valence-electron chi connectivity index (χ4n) is 1.96. The van der Waals surface area contributed by atoms with Crippen LogP contribution in [-0.4, -0.2) is 6.54 Å². The first-order chi connectivity index (χ1) is 8.72. The van der Waals surface area contributed by atoms with E-state index < -0.39 is 0 Å². The third-order valence-corrected chi connectivity index (χ3v) is 3.41. The number of hydrogen-bond donors (Lipinski definition) is 1. The van der Waals surface area contributed by atoms with E-state index in [1.807, 2.05) is 25.1 Å². The number of nitrogens with one attached hydrogen (secondary N) is 1. The van der Waals surface area contributed by atoms with E-state index in [0.29, 0.717) is 16.5 Å². The van der Waals surface area contributed by atoms with Crippen LogP contribution in [0.2, 0.25) is 0 Å². The molecule has 0 amide bonds. The molecule has 2 nitrogen and oxygen atoms in total. The van der Waals surface area contributed by atoms with Gasteiger partial charge in [-0.25, -0.2) is 4.39 Å². The highest BCUT2D eigenvalue weighted by Gasteiger charge is 2.17. The van der Waals surface area contributed by atoms with Crippen LogP contribution in [0.4, 0.5) is 4.39 Å². The third-order valence-electron chi connectivity index (χ3n) is 2.79. The van der Waals surface area contributed by atoms with Gasteiger partial charge in [0.2, 0.25) is 0 Å². The van der Waals surface area contributed by atoms with Crippen LogP contribution in [0.3, 0.4) is 0 Å². The van der Waals surface area contributed by atoms with E-state index in [1.165, 1.54) is 0 Å². The Hall–Kier alpha value is -1.13. The second kappa shape index (κ2) is 6.16. The van der Waals surface area contributed by atoms with Crippen molar-refractivity contribution in [2.45, 2.75) is 19.4 Å². The molecule has 0 radical (unpaired) electrons. The minimum Gasteiger partial charge on any atom is -0.469 e. The second-order valence-electron chi connectivity index (χ2n) is 4.04. The zero-order valence-electron chi connectivity index (χ0n) is 10.1. The molecule has 0 saturated heterocycles. The summed E-state index contributed by atoms with van der Waals surface area (Å²) in [5, 5.41) is 3.28. The maximum atomic E-state index is 14.1. The highest BCUT2D eigenvalue weighted by atomic mass is 79.9. The van der Waals surface area contributed by atoms with Crippen molar-refractivity contribution in [1.82, 2.24) is 5.32 Å². The Bertz CT molecular complexity index is 499. The Balaban J connectivity index is 2.26. The number of furan rings is 1. The summed E-state index contributed by atoms with van der Waals surface area (Å²) in [6.07, 6.45) is 2.27. The molecule has 1 atom stereocenters. The first-order valence-electron chi connectivity index (χ1n) is 5.92. The monoisotopic (exact) mass is 311 g/mol. The van der Waals surface area contributed by atoms with Gasteiger partial charge in [0, 0.05) is 18.0 Å². The van der Waals surface area contributed by atoms with Gasteiger partial charge in [0.1, 0.15) is 11.6 Å². The minimum atomic E-state index is -0.213. The highest BCUT2D eigenvalue weighted by molar-refractivity contribution is 9.10. The van der Waals surface area contributed by atoms with E-state index in [2.05, 4.69) is 21.2 Å². The number of benzene rings is 1. The maximum Gasteiger partial charge on any atom is 0.142 e. The van der Waals surface area contributed by atoms with Crippen molar-refractivity contribution in [3.63, 3.8) is 0 Å². The van der Waals surface area contributed by atoms with Crippen molar-refractivity contribution in [3.05, 3.63) is 58.2 Å². The summed E-state index contributed by atoms with van der Waals surface area (Å²) in [5.74, 6) is 0.635. The van der Waals surface area contributed by atoms with Gasteiger partial charge in [-0.1, -0.05) is 19.1 Å². The molecule has 1 aromatic carbocycles. The Labute approximate surface area is 114 Å². The van der Waals surface area contributed by atoms with Gasteiger partial charge in [-0.2, -0.15) is 0 Å². The van der Waals surface area contributed by atoms with E-state index in [9.17, 15) is 4.39 Å². The van der Waals surface area contributed by atoms with Crippen molar-refractivity contribution in [2.24, 2.45) is 0 Å².